The smallest absolute Gasteiger partial charge is 0.321 e. The molecule has 0 aliphatic rings. The van der Waals surface area contributed by atoms with Gasteiger partial charge < -0.3 is 15.2 Å². The number of hydrogen-bond donors (Lipinski definition) is 2. The molecule has 2 rings (SSSR count). The first-order chi connectivity index (χ1) is 11.5. The van der Waals surface area contributed by atoms with Gasteiger partial charge in [-0.05, 0) is 30.7 Å². The lowest BCUT2D eigenvalue weighted by Gasteiger charge is -2.14. The first kappa shape index (κ1) is 21.5. The van der Waals surface area contributed by atoms with E-state index >= 15 is 0 Å². The van der Waals surface area contributed by atoms with Crippen molar-refractivity contribution in [1.82, 2.24) is 10.3 Å². The molecule has 0 spiro atoms. The number of likely N-dealkylation sites (N-methyl/N-ethyl adjacent to an activating group) is 1. The van der Waals surface area contributed by atoms with E-state index < -0.39 is 12.0 Å². The Labute approximate surface area is 162 Å². The number of ether oxygens (including phenoxy) is 1. The molecule has 0 aliphatic carbocycles. The zero-order valence-corrected chi connectivity index (χ0v) is 15.9. The molecule has 0 bridgehead atoms. The zero-order chi connectivity index (χ0) is 17.5. The van der Waals surface area contributed by atoms with E-state index in [4.69, 9.17) is 33.0 Å². The number of aliphatic carboxylic acids is 1. The molecule has 0 radical (unpaired) electrons. The van der Waals surface area contributed by atoms with Gasteiger partial charge in [-0.1, -0.05) is 42.3 Å². The molecule has 1 aromatic carbocycles. The molecule has 0 amide bonds. The highest BCUT2D eigenvalue weighted by Gasteiger charge is 2.16. The van der Waals surface area contributed by atoms with Crippen molar-refractivity contribution in [1.29, 1.82) is 0 Å². The predicted molar refractivity (Wildman–Crippen MR) is 101 cm³/mol. The zero-order valence-electron chi connectivity index (χ0n) is 13.5. The maximum atomic E-state index is 11.2. The molecule has 1 atom stereocenters. The fourth-order valence-corrected chi connectivity index (χ4v) is 2.66. The summed E-state index contributed by atoms with van der Waals surface area (Å²) in [6, 6.07) is 6.68. The minimum atomic E-state index is -0.862. The summed E-state index contributed by atoms with van der Waals surface area (Å²) in [5, 5.41) is 13.0. The lowest BCUT2D eigenvalue weighted by Crippen LogP contribution is -2.38. The fraction of sp³-hybridized carbons (Fsp3) is 0.294. The highest BCUT2D eigenvalue weighted by Crippen LogP contribution is 2.24. The van der Waals surface area contributed by atoms with E-state index in [0.717, 1.165) is 5.56 Å². The van der Waals surface area contributed by atoms with Gasteiger partial charge in [0.2, 0.25) is 0 Å². The van der Waals surface area contributed by atoms with Crippen LogP contribution in [0.25, 0.3) is 0 Å². The van der Waals surface area contributed by atoms with E-state index in [9.17, 15) is 4.79 Å². The molecule has 1 heterocycles. The van der Waals surface area contributed by atoms with Crippen LogP contribution in [0.2, 0.25) is 10.0 Å². The third-order valence-electron chi connectivity index (χ3n) is 3.45. The van der Waals surface area contributed by atoms with Crippen molar-refractivity contribution >= 4 is 41.6 Å². The van der Waals surface area contributed by atoms with Gasteiger partial charge in [-0.25, -0.2) is 0 Å². The standard InChI is InChI=1S/C17H18Cl2N2O3.ClH/c1-2-21-16(17(22)23)7-11-3-5-12(6-4-11)24-10-13-14(18)8-20-9-15(13)19;/h3-6,8-9,16,21H,2,7,10H2,1H3,(H,22,23);1H/t16-;/m0./s1. The maximum Gasteiger partial charge on any atom is 0.321 e. The second-order valence-electron chi connectivity index (χ2n) is 5.17. The van der Waals surface area contributed by atoms with Crippen molar-refractivity contribution in [2.45, 2.75) is 26.0 Å². The monoisotopic (exact) mass is 404 g/mol. The summed E-state index contributed by atoms with van der Waals surface area (Å²) in [4.78, 5) is 15.1. The quantitative estimate of drug-likeness (QED) is 0.695. The number of pyridine rings is 1. The molecule has 0 fully saturated rings. The molecular weight excluding hydrogens is 387 g/mol. The largest absolute Gasteiger partial charge is 0.489 e. The van der Waals surface area contributed by atoms with Gasteiger partial charge in [0.05, 0.1) is 10.0 Å². The average molecular weight is 406 g/mol. The Bertz CT molecular complexity index is 676. The second-order valence-corrected chi connectivity index (χ2v) is 5.98. The first-order valence-corrected chi connectivity index (χ1v) is 8.22. The highest BCUT2D eigenvalue weighted by molar-refractivity contribution is 6.35. The van der Waals surface area contributed by atoms with Crippen molar-refractivity contribution < 1.29 is 14.6 Å². The number of benzene rings is 1. The molecule has 0 saturated heterocycles. The summed E-state index contributed by atoms with van der Waals surface area (Å²) in [6.45, 7) is 2.71. The molecule has 136 valence electrons. The van der Waals surface area contributed by atoms with Crippen molar-refractivity contribution in [3.8, 4) is 5.75 Å². The number of nitrogens with one attached hydrogen (secondary N) is 1. The minimum absolute atomic E-state index is 0. The summed E-state index contributed by atoms with van der Waals surface area (Å²) in [6.07, 6.45) is 3.44. The fourth-order valence-electron chi connectivity index (χ4n) is 2.18. The summed E-state index contributed by atoms with van der Waals surface area (Å²) in [7, 11) is 0. The normalized spacial score (nSPS) is 11.5. The van der Waals surface area contributed by atoms with Crippen LogP contribution in [0.1, 0.15) is 18.1 Å². The molecule has 5 nitrogen and oxygen atoms in total. The van der Waals surface area contributed by atoms with E-state index in [1.54, 1.807) is 12.1 Å². The molecule has 8 heteroatoms. The van der Waals surface area contributed by atoms with E-state index in [2.05, 4.69) is 10.3 Å². The molecule has 1 aromatic heterocycles. The topological polar surface area (TPSA) is 71.5 Å². The first-order valence-electron chi connectivity index (χ1n) is 7.47. The van der Waals surface area contributed by atoms with E-state index in [0.29, 0.717) is 34.3 Å². The Morgan fingerprint density at radius 1 is 1.24 bits per heavy atom. The predicted octanol–water partition coefficient (Wildman–Crippen LogP) is 3.99. The average Bonchev–Trinajstić information content (AvgIpc) is 2.55. The number of carbonyl (C=O) groups is 1. The Morgan fingerprint density at radius 2 is 1.84 bits per heavy atom. The van der Waals surface area contributed by atoms with Gasteiger partial charge in [0.1, 0.15) is 18.4 Å². The highest BCUT2D eigenvalue weighted by atomic mass is 35.5. The van der Waals surface area contributed by atoms with Crippen molar-refractivity contribution in [2.24, 2.45) is 0 Å². The number of halogens is 3. The van der Waals surface area contributed by atoms with Gasteiger partial charge in [0.15, 0.2) is 0 Å². The van der Waals surface area contributed by atoms with Gasteiger partial charge in [-0.15, -0.1) is 12.4 Å². The number of rotatable bonds is 8. The Hall–Kier alpha value is -1.53. The summed E-state index contributed by atoms with van der Waals surface area (Å²) >= 11 is 12.1. The Kier molecular flexibility index (Phi) is 9.00. The van der Waals surface area contributed by atoms with Crippen molar-refractivity contribution in [3.63, 3.8) is 0 Å². The summed E-state index contributed by atoms with van der Waals surface area (Å²) < 4.78 is 5.68. The minimum Gasteiger partial charge on any atom is -0.489 e. The molecule has 0 unspecified atom stereocenters. The van der Waals surface area contributed by atoms with Crippen LogP contribution in [0.3, 0.4) is 0 Å². The Morgan fingerprint density at radius 3 is 2.36 bits per heavy atom. The van der Waals surface area contributed by atoms with Gasteiger partial charge in [-0.3, -0.25) is 9.78 Å². The van der Waals surface area contributed by atoms with Crippen LogP contribution in [0.15, 0.2) is 36.7 Å². The maximum absolute atomic E-state index is 11.2. The number of nitrogens with zero attached hydrogens (tertiary/aromatic N) is 1. The molecule has 0 aliphatic heterocycles. The van der Waals surface area contributed by atoms with Crippen LogP contribution in [0.4, 0.5) is 0 Å². The molecular formula is C17H19Cl3N2O3. The van der Waals surface area contributed by atoms with Crippen LogP contribution in [0.5, 0.6) is 5.75 Å². The van der Waals surface area contributed by atoms with Gasteiger partial charge in [0.25, 0.3) is 0 Å². The van der Waals surface area contributed by atoms with Crippen LogP contribution in [-0.4, -0.2) is 28.6 Å². The van der Waals surface area contributed by atoms with Crippen molar-refractivity contribution in [3.05, 3.63) is 57.8 Å². The lowest BCUT2D eigenvalue weighted by molar-refractivity contribution is -0.139. The number of aromatic nitrogens is 1. The third-order valence-corrected chi connectivity index (χ3v) is 4.10. The van der Waals surface area contributed by atoms with Crippen LogP contribution in [0, 0.1) is 0 Å². The van der Waals surface area contributed by atoms with Crippen LogP contribution >= 0.6 is 35.6 Å². The lowest BCUT2D eigenvalue weighted by atomic mass is 10.1. The molecule has 2 N–H and O–H groups in total. The van der Waals surface area contributed by atoms with Crippen molar-refractivity contribution in [2.75, 3.05) is 6.54 Å². The number of hydrogen-bond acceptors (Lipinski definition) is 4. The van der Waals surface area contributed by atoms with E-state index in [1.807, 2.05) is 19.1 Å². The van der Waals surface area contributed by atoms with Gasteiger partial charge >= 0.3 is 5.97 Å². The van der Waals surface area contributed by atoms with Crippen LogP contribution in [-0.2, 0) is 17.8 Å². The summed E-state index contributed by atoms with van der Waals surface area (Å²) in [5.74, 6) is -0.211. The van der Waals surface area contributed by atoms with Gasteiger partial charge in [-0.2, -0.15) is 0 Å². The van der Waals surface area contributed by atoms with Gasteiger partial charge in [0, 0.05) is 18.0 Å². The van der Waals surface area contributed by atoms with E-state index in [1.165, 1.54) is 12.4 Å². The summed E-state index contributed by atoms with van der Waals surface area (Å²) in [5.41, 5.74) is 1.59. The number of carboxylic acids is 1. The van der Waals surface area contributed by atoms with E-state index in [-0.39, 0.29) is 19.0 Å². The number of carboxylic acid groups (broad SMARTS) is 1. The van der Waals surface area contributed by atoms with Crippen LogP contribution < -0.4 is 10.1 Å². The molecule has 0 saturated carbocycles. The third kappa shape index (κ3) is 6.36. The second kappa shape index (κ2) is 10.5. The molecule has 2 aromatic rings. The SMILES string of the molecule is CCN[C@@H](Cc1ccc(OCc2c(Cl)cncc2Cl)cc1)C(=O)O.Cl. The molecule has 25 heavy (non-hydrogen) atoms. The Balaban J connectivity index is 0.00000312.